The second-order valence-corrected chi connectivity index (χ2v) is 4.63. The first kappa shape index (κ1) is 13.4. The molecule has 2 N–H and O–H groups in total. The average Bonchev–Trinajstić information content (AvgIpc) is 2.83. The van der Waals surface area contributed by atoms with E-state index in [0.717, 1.165) is 16.7 Å². The smallest absolute Gasteiger partial charge is 0.189 e. The molecule has 100 valence electrons. The van der Waals surface area contributed by atoms with Crippen LogP contribution in [0.25, 0.3) is 0 Å². The molecule has 0 saturated carbocycles. The number of nitrogens with zero attached hydrogens (tertiary/aromatic N) is 3. The molecule has 19 heavy (non-hydrogen) atoms. The number of aromatic nitrogens is 3. The van der Waals surface area contributed by atoms with Crippen molar-refractivity contribution in [3.05, 3.63) is 46.8 Å². The third-order valence-electron chi connectivity index (χ3n) is 3.16. The van der Waals surface area contributed by atoms with Gasteiger partial charge in [-0.25, -0.2) is 0 Å². The summed E-state index contributed by atoms with van der Waals surface area (Å²) in [6.45, 7) is 5.08. The summed E-state index contributed by atoms with van der Waals surface area (Å²) in [4.78, 5) is 12.2. The highest BCUT2D eigenvalue weighted by atomic mass is 16.1. The predicted octanol–water partition coefficient (Wildman–Crippen LogP) is 1.28. The highest BCUT2D eigenvalue weighted by molar-refractivity contribution is 5.95. The Morgan fingerprint density at radius 3 is 2.63 bits per heavy atom. The van der Waals surface area contributed by atoms with Gasteiger partial charge in [-0.1, -0.05) is 23.4 Å². The maximum atomic E-state index is 12.2. The molecule has 0 bridgehead atoms. The first-order chi connectivity index (χ1) is 9.11. The van der Waals surface area contributed by atoms with E-state index in [1.165, 1.54) is 0 Å². The molecular formula is C14H18N4O. The molecule has 5 nitrogen and oxygen atoms in total. The first-order valence-corrected chi connectivity index (χ1v) is 6.30. The van der Waals surface area contributed by atoms with Crippen molar-refractivity contribution in [2.45, 2.75) is 26.8 Å². The molecule has 0 amide bonds. The number of ketones is 1. The van der Waals surface area contributed by atoms with E-state index in [0.29, 0.717) is 25.2 Å². The lowest BCUT2D eigenvalue weighted by Crippen LogP contribution is -2.10. The fourth-order valence-electron chi connectivity index (χ4n) is 2.05. The second kappa shape index (κ2) is 5.75. The van der Waals surface area contributed by atoms with Crippen LogP contribution in [-0.4, -0.2) is 27.3 Å². The van der Waals surface area contributed by atoms with Crippen LogP contribution in [0.3, 0.4) is 0 Å². The molecule has 0 atom stereocenters. The zero-order valence-electron chi connectivity index (χ0n) is 11.3. The molecule has 0 unspecified atom stereocenters. The number of hydrogen-bond acceptors (Lipinski definition) is 4. The third-order valence-corrected chi connectivity index (χ3v) is 3.16. The van der Waals surface area contributed by atoms with Crippen LogP contribution in [0.2, 0.25) is 0 Å². The number of carbonyl (C=O) groups excluding carboxylic acids is 1. The highest BCUT2D eigenvalue weighted by Crippen LogP contribution is 2.15. The van der Waals surface area contributed by atoms with Gasteiger partial charge < -0.3 is 5.73 Å². The van der Waals surface area contributed by atoms with Gasteiger partial charge in [0, 0.05) is 13.0 Å². The van der Waals surface area contributed by atoms with Gasteiger partial charge in [0.05, 0.1) is 12.7 Å². The minimum Gasteiger partial charge on any atom is -0.329 e. The Hall–Kier alpha value is -2.01. The molecule has 0 radical (unpaired) electrons. The molecule has 2 rings (SSSR count). The van der Waals surface area contributed by atoms with Gasteiger partial charge in [0.25, 0.3) is 0 Å². The molecular weight excluding hydrogens is 240 g/mol. The van der Waals surface area contributed by atoms with E-state index in [-0.39, 0.29) is 5.78 Å². The Balaban J connectivity index is 2.16. The van der Waals surface area contributed by atoms with Crippen LogP contribution >= 0.6 is 0 Å². The Kier molecular flexibility index (Phi) is 4.06. The minimum absolute atomic E-state index is 0.0133. The molecule has 1 aromatic carbocycles. The van der Waals surface area contributed by atoms with E-state index in [1.54, 1.807) is 10.9 Å². The zero-order chi connectivity index (χ0) is 13.8. The third kappa shape index (κ3) is 3.06. The van der Waals surface area contributed by atoms with Crippen LogP contribution in [0.5, 0.6) is 0 Å². The first-order valence-electron chi connectivity index (χ1n) is 6.30. The van der Waals surface area contributed by atoms with Crippen LogP contribution in [0.4, 0.5) is 0 Å². The van der Waals surface area contributed by atoms with Crippen molar-refractivity contribution in [1.82, 2.24) is 15.0 Å². The maximum absolute atomic E-state index is 12.2. The SMILES string of the molecule is Cc1cccc(C)c1CC(=O)c1cn(CCN)nn1. The van der Waals surface area contributed by atoms with E-state index in [9.17, 15) is 4.79 Å². The van der Waals surface area contributed by atoms with Crippen molar-refractivity contribution in [1.29, 1.82) is 0 Å². The van der Waals surface area contributed by atoms with Gasteiger partial charge in [0.1, 0.15) is 5.69 Å². The zero-order valence-corrected chi connectivity index (χ0v) is 11.3. The standard InChI is InChI=1S/C14H18N4O/c1-10-4-3-5-11(2)12(10)8-14(19)13-9-18(7-6-15)17-16-13/h3-5,9H,6-8,15H2,1-2H3. The van der Waals surface area contributed by atoms with Crippen molar-refractivity contribution in [2.24, 2.45) is 5.73 Å². The molecule has 0 aliphatic heterocycles. The van der Waals surface area contributed by atoms with Gasteiger partial charge in [-0.15, -0.1) is 5.10 Å². The van der Waals surface area contributed by atoms with Crippen molar-refractivity contribution in [2.75, 3.05) is 6.54 Å². The van der Waals surface area contributed by atoms with E-state index in [4.69, 9.17) is 5.73 Å². The number of Topliss-reactive ketones (excluding diaryl/α,β-unsaturated/α-hetero) is 1. The number of nitrogens with two attached hydrogens (primary N) is 1. The molecule has 2 aromatic rings. The topological polar surface area (TPSA) is 73.8 Å². The highest BCUT2D eigenvalue weighted by Gasteiger charge is 2.14. The van der Waals surface area contributed by atoms with Gasteiger partial charge in [0.15, 0.2) is 5.78 Å². The Morgan fingerprint density at radius 2 is 2.00 bits per heavy atom. The van der Waals surface area contributed by atoms with Crippen LogP contribution < -0.4 is 5.73 Å². The molecule has 0 aliphatic carbocycles. The lowest BCUT2D eigenvalue weighted by Gasteiger charge is -2.07. The van der Waals surface area contributed by atoms with Gasteiger partial charge in [0.2, 0.25) is 0 Å². The predicted molar refractivity (Wildman–Crippen MR) is 73.0 cm³/mol. The van der Waals surface area contributed by atoms with E-state index in [1.807, 2.05) is 32.0 Å². The lowest BCUT2D eigenvalue weighted by molar-refractivity contribution is 0.0987. The molecule has 0 saturated heterocycles. The number of rotatable bonds is 5. The van der Waals surface area contributed by atoms with Crippen molar-refractivity contribution < 1.29 is 4.79 Å². The van der Waals surface area contributed by atoms with Crippen molar-refractivity contribution in [3.8, 4) is 0 Å². The normalized spacial score (nSPS) is 10.7. The van der Waals surface area contributed by atoms with Gasteiger partial charge in [-0.05, 0) is 30.5 Å². The molecule has 0 fully saturated rings. The quantitative estimate of drug-likeness (QED) is 0.820. The van der Waals surface area contributed by atoms with E-state index >= 15 is 0 Å². The van der Waals surface area contributed by atoms with Crippen LogP contribution in [0.15, 0.2) is 24.4 Å². The summed E-state index contributed by atoms with van der Waals surface area (Å²) in [5, 5.41) is 7.78. The summed E-state index contributed by atoms with van der Waals surface area (Å²) >= 11 is 0. The summed E-state index contributed by atoms with van der Waals surface area (Å²) in [5.74, 6) is -0.0133. The molecule has 1 heterocycles. The largest absolute Gasteiger partial charge is 0.329 e. The Bertz CT molecular complexity index is 569. The fraction of sp³-hybridized carbons (Fsp3) is 0.357. The summed E-state index contributed by atoms with van der Waals surface area (Å²) < 4.78 is 1.60. The van der Waals surface area contributed by atoms with E-state index < -0.39 is 0 Å². The van der Waals surface area contributed by atoms with Crippen LogP contribution in [0, 0.1) is 13.8 Å². The average molecular weight is 258 g/mol. The second-order valence-electron chi connectivity index (χ2n) is 4.63. The summed E-state index contributed by atoms with van der Waals surface area (Å²) in [7, 11) is 0. The maximum Gasteiger partial charge on any atom is 0.189 e. The number of benzene rings is 1. The molecule has 0 aliphatic rings. The number of aryl methyl sites for hydroxylation is 2. The van der Waals surface area contributed by atoms with Crippen molar-refractivity contribution in [3.63, 3.8) is 0 Å². The lowest BCUT2D eigenvalue weighted by atomic mass is 9.97. The van der Waals surface area contributed by atoms with Crippen molar-refractivity contribution >= 4 is 5.78 Å². The van der Waals surface area contributed by atoms with Crippen LogP contribution in [-0.2, 0) is 13.0 Å². The minimum atomic E-state index is -0.0133. The summed E-state index contributed by atoms with van der Waals surface area (Å²) in [6.07, 6.45) is 2.02. The number of carbonyl (C=O) groups is 1. The molecule has 5 heteroatoms. The monoisotopic (exact) mass is 258 g/mol. The number of hydrogen-bond donors (Lipinski definition) is 1. The molecule has 0 spiro atoms. The van der Waals surface area contributed by atoms with Gasteiger partial charge in [-0.2, -0.15) is 0 Å². The van der Waals surface area contributed by atoms with E-state index in [2.05, 4.69) is 10.3 Å². The summed E-state index contributed by atoms with van der Waals surface area (Å²) in [5.41, 5.74) is 9.16. The Labute approximate surface area is 112 Å². The van der Waals surface area contributed by atoms with Crippen LogP contribution in [0.1, 0.15) is 27.2 Å². The Morgan fingerprint density at radius 1 is 1.32 bits per heavy atom. The molecule has 1 aromatic heterocycles. The van der Waals surface area contributed by atoms with Gasteiger partial charge in [-0.3, -0.25) is 9.48 Å². The fourth-order valence-corrected chi connectivity index (χ4v) is 2.05. The van der Waals surface area contributed by atoms with Gasteiger partial charge >= 0.3 is 0 Å². The summed E-state index contributed by atoms with van der Waals surface area (Å²) in [6, 6.07) is 6.03.